The minimum Gasteiger partial charge on any atom is -0.456 e. The lowest BCUT2D eigenvalue weighted by Gasteiger charge is -2.06. The molecule has 1 heterocycles. The lowest BCUT2D eigenvalue weighted by atomic mass is 10.1. The fraction of sp³-hybridized carbons (Fsp3) is 0.0769. The molecular formula is C13H10N2O4. The molecule has 1 aromatic heterocycles. The van der Waals surface area contributed by atoms with E-state index in [9.17, 15) is 14.9 Å². The number of nitro benzene ring substituents is 1. The first-order valence-electron chi connectivity index (χ1n) is 5.45. The van der Waals surface area contributed by atoms with Crippen LogP contribution >= 0.6 is 0 Å². The summed E-state index contributed by atoms with van der Waals surface area (Å²) in [6.45, 7) is 1.27. The van der Waals surface area contributed by atoms with Crippen LogP contribution < -0.4 is 4.74 Å². The monoisotopic (exact) mass is 258 g/mol. The number of pyridine rings is 1. The molecule has 0 atom stereocenters. The predicted molar refractivity (Wildman–Crippen MR) is 67.4 cm³/mol. The molecule has 1 aromatic carbocycles. The number of nitro groups is 1. The van der Waals surface area contributed by atoms with E-state index < -0.39 is 4.92 Å². The number of carbonyl (C=O) groups is 1. The van der Waals surface area contributed by atoms with E-state index in [1.807, 2.05) is 0 Å². The Hall–Kier alpha value is -2.76. The molecule has 0 amide bonds. The molecule has 0 radical (unpaired) electrons. The molecule has 0 bridgehead atoms. The van der Waals surface area contributed by atoms with Crippen LogP contribution in [0.1, 0.15) is 17.3 Å². The second-order valence-corrected chi connectivity index (χ2v) is 3.78. The van der Waals surface area contributed by atoms with Crippen LogP contribution in [0.4, 0.5) is 5.69 Å². The lowest BCUT2D eigenvalue weighted by molar-refractivity contribution is -0.385. The third kappa shape index (κ3) is 2.92. The number of benzene rings is 1. The van der Waals surface area contributed by atoms with Gasteiger partial charge in [0.1, 0.15) is 11.5 Å². The summed E-state index contributed by atoms with van der Waals surface area (Å²) in [6.07, 6.45) is 3.11. The molecule has 6 heteroatoms. The van der Waals surface area contributed by atoms with Gasteiger partial charge in [-0.25, -0.2) is 0 Å². The normalized spacial score (nSPS) is 9.95. The first kappa shape index (κ1) is 12.7. The second kappa shape index (κ2) is 5.26. The molecule has 0 aliphatic heterocycles. The van der Waals surface area contributed by atoms with E-state index in [-0.39, 0.29) is 17.0 Å². The molecule has 0 aliphatic carbocycles. The van der Waals surface area contributed by atoms with Crippen LogP contribution in [0.5, 0.6) is 11.5 Å². The van der Waals surface area contributed by atoms with Crippen LogP contribution in [-0.2, 0) is 0 Å². The maximum Gasteiger partial charge on any atom is 0.280 e. The number of aromatic nitrogens is 1. The van der Waals surface area contributed by atoms with Crippen molar-refractivity contribution in [1.29, 1.82) is 0 Å². The summed E-state index contributed by atoms with van der Waals surface area (Å²) in [5.74, 6) is 0.456. The first-order chi connectivity index (χ1) is 9.08. The number of ketones is 1. The van der Waals surface area contributed by atoms with E-state index in [4.69, 9.17) is 4.74 Å². The van der Waals surface area contributed by atoms with Gasteiger partial charge in [0.2, 0.25) is 0 Å². The quantitative estimate of drug-likeness (QED) is 0.478. The van der Waals surface area contributed by atoms with E-state index in [0.717, 1.165) is 0 Å². The summed E-state index contributed by atoms with van der Waals surface area (Å²) < 4.78 is 5.47. The van der Waals surface area contributed by atoms with Crippen molar-refractivity contribution in [2.24, 2.45) is 0 Å². The predicted octanol–water partition coefficient (Wildman–Crippen LogP) is 2.98. The average molecular weight is 258 g/mol. The van der Waals surface area contributed by atoms with Gasteiger partial charge in [0.25, 0.3) is 5.69 Å². The SMILES string of the molecule is CC(=O)c1cc(Oc2cccnc2)ccc1[N+](=O)[O-]. The van der Waals surface area contributed by atoms with Crippen LogP contribution in [0, 0.1) is 10.1 Å². The highest BCUT2D eigenvalue weighted by atomic mass is 16.6. The van der Waals surface area contributed by atoms with Gasteiger partial charge in [-0.2, -0.15) is 0 Å². The summed E-state index contributed by atoms with van der Waals surface area (Å²) in [5.41, 5.74) is -0.211. The third-order valence-electron chi connectivity index (χ3n) is 2.41. The van der Waals surface area contributed by atoms with Crippen LogP contribution in [0.3, 0.4) is 0 Å². The van der Waals surface area contributed by atoms with Gasteiger partial charge in [-0.15, -0.1) is 0 Å². The van der Waals surface area contributed by atoms with Gasteiger partial charge in [0.15, 0.2) is 5.78 Å². The summed E-state index contributed by atoms with van der Waals surface area (Å²) >= 11 is 0. The van der Waals surface area contributed by atoms with Crippen LogP contribution in [0.25, 0.3) is 0 Å². The Labute approximate surface area is 108 Å². The van der Waals surface area contributed by atoms with Gasteiger partial charge in [0.05, 0.1) is 16.7 Å². The zero-order valence-corrected chi connectivity index (χ0v) is 10.1. The third-order valence-corrected chi connectivity index (χ3v) is 2.41. The summed E-state index contributed by atoms with van der Waals surface area (Å²) in [6, 6.07) is 7.45. The van der Waals surface area contributed by atoms with Crippen LogP contribution in [0.2, 0.25) is 0 Å². The molecular weight excluding hydrogens is 248 g/mol. The van der Waals surface area contributed by atoms with Crippen molar-refractivity contribution in [2.75, 3.05) is 0 Å². The summed E-state index contributed by atoms with van der Waals surface area (Å²) in [5, 5.41) is 10.8. The minimum atomic E-state index is -0.593. The number of carbonyl (C=O) groups excluding carboxylic acids is 1. The van der Waals surface area contributed by atoms with Crippen LogP contribution in [-0.4, -0.2) is 15.7 Å². The first-order valence-corrected chi connectivity index (χ1v) is 5.45. The molecule has 0 spiro atoms. The highest BCUT2D eigenvalue weighted by Crippen LogP contribution is 2.27. The fourth-order valence-corrected chi connectivity index (χ4v) is 1.56. The maximum atomic E-state index is 11.4. The van der Waals surface area contributed by atoms with Crippen molar-refractivity contribution in [3.63, 3.8) is 0 Å². The molecule has 0 aliphatic rings. The Kier molecular flexibility index (Phi) is 3.51. The van der Waals surface area contributed by atoms with Crippen molar-refractivity contribution < 1.29 is 14.5 Å². The summed E-state index contributed by atoms with van der Waals surface area (Å²) in [4.78, 5) is 25.5. The zero-order chi connectivity index (χ0) is 13.8. The fourth-order valence-electron chi connectivity index (χ4n) is 1.56. The molecule has 96 valence electrons. The van der Waals surface area contributed by atoms with Gasteiger partial charge in [0, 0.05) is 12.3 Å². The van der Waals surface area contributed by atoms with Crippen molar-refractivity contribution in [2.45, 2.75) is 6.92 Å². The standard InChI is InChI=1S/C13H10N2O4/c1-9(16)12-7-10(4-5-13(12)15(17)18)19-11-3-2-6-14-8-11/h2-8H,1H3. The number of hydrogen-bond acceptors (Lipinski definition) is 5. The number of hydrogen-bond donors (Lipinski definition) is 0. The molecule has 0 saturated heterocycles. The molecule has 2 rings (SSSR count). The average Bonchev–Trinajstić information content (AvgIpc) is 2.39. The minimum absolute atomic E-state index is 0.0198. The molecule has 0 fully saturated rings. The summed E-state index contributed by atoms with van der Waals surface area (Å²) in [7, 11) is 0. The lowest BCUT2D eigenvalue weighted by Crippen LogP contribution is -2.00. The number of ether oxygens (including phenoxy) is 1. The van der Waals surface area contributed by atoms with E-state index >= 15 is 0 Å². The van der Waals surface area contributed by atoms with E-state index in [1.165, 1.54) is 31.3 Å². The molecule has 0 N–H and O–H groups in total. The van der Waals surface area contributed by atoms with E-state index in [2.05, 4.69) is 4.98 Å². The Morgan fingerprint density at radius 2 is 2.11 bits per heavy atom. The Bertz CT molecular complexity index is 626. The Balaban J connectivity index is 2.36. The van der Waals surface area contributed by atoms with Gasteiger partial charge in [-0.3, -0.25) is 19.9 Å². The molecule has 0 unspecified atom stereocenters. The number of rotatable bonds is 4. The van der Waals surface area contributed by atoms with Crippen molar-refractivity contribution in [3.8, 4) is 11.5 Å². The number of nitrogens with zero attached hydrogens (tertiary/aromatic N) is 2. The topological polar surface area (TPSA) is 82.3 Å². The Morgan fingerprint density at radius 3 is 2.68 bits per heavy atom. The van der Waals surface area contributed by atoms with Crippen molar-refractivity contribution in [3.05, 3.63) is 58.4 Å². The molecule has 19 heavy (non-hydrogen) atoms. The van der Waals surface area contributed by atoms with Crippen LogP contribution in [0.15, 0.2) is 42.7 Å². The molecule has 0 saturated carbocycles. The second-order valence-electron chi connectivity index (χ2n) is 3.78. The molecule has 6 nitrogen and oxygen atoms in total. The van der Waals surface area contributed by atoms with Gasteiger partial charge < -0.3 is 4.74 Å². The van der Waals surface area contributed by atoms with Crippen molar-refractivity contribution >= 4 is 11.5 Å². The van der Waals surface area contributed by atoms with E-state index in [1.54, 1.807) is 18.3 Å². The molecule has 2 aromatic rings. The maximum absolute atomic E-state index is 11.4. The highest BCUT2D eigenvalue weighted by Gasteiger charge is 2.18. The Morgan fingerprint density at radius 1 is 1.32 bits per heavy atom. The highest BCUT2D eigenvalue weighted by molar-refractivity contribution is 5.98. The van der Waals surface area contributed by atoms with E-state index in [0.29, 0.717) is 11.5 Å². The zero-order valence-electron chi connectivity index (χ0n) is 10.1. The van der Waals surface area contributed by atoms with Gasteiger partial charge in [-0.1, -0.05) is 0 Å². The largest absolute Gasteiger partial charge is 0.456 e. The number of Topliss-reactive ketones (excluding diaryl/α,β-unsaturated/α-hetero) is 1. The van der Waals surface area contributed by atoms with Gasteiger partial charge in [-0.05, 0) is 31.2 Å². The smallest absolute Gasteiger partial charge is 0.280 e. The van der Waals surface area contributed by atoms with Gasteiger partial charge >= 0.3 is 0 Å². The van der Waals surface area contributed by atoms with Crippen molar-refractivity contribution in [1.82, 2.24) is 4.98 Å².